The highest BCUT2D eigenvalue weighted by molar-refractivity contribution is 8.00. The molecule has 2 heterocycles. The summed E-state index contributed by atoms with van der Waals surface area (Å²) in [6, 6.07) is 20.6. The molecule has 202 valence electrons. The highest BCUT2D eigenvalue weighted by Gasteiger charge is 2.34. The maximum Gasteiger partial charge on any atom is 0.163 e. The van der Waals surface area contributed by atoms with Gasteiger partial charge in [-0.05, 0) is 38.8 Å². The van der Waals surface area contributed by atoms with Crippen molar-refractivity contribution in [2.45, 2.75) is 64.6 Å². The molecular weight excluding hydrogens is 488 g/mol. The molecule has 2 saturated heterocycles. The molecule has 4 rings (SSSR count). The van der Waals surface area contributed by atoms with Crippen LogP contribution in [0.4, 0.5) is 0 Å². The Kier molecular flexibility index (Phi) is 10.0. The Balaban J connectivity index is 1.41. The standard InChI is InChI=1S/C29H40N2O5S/c1-28(2)32-19-26(35-28)17-31(15-23-11-7-5-8-12-23)16-25(30-34-18-24-13-9-6-10-14-24)21-37-22-27-20-33-29(3,4)36-27/h5-14,26-27H,15-22H2,1-4H3/b30-25+/t26-,27+/m0/s1. The van der Waals surface area contributed by atoms with Crippen LogP contribution in [0.15, 0.2) is 65.8 Å². The average molecular weight is 529 g/mol. The molecule has 0 aromatic heterocycles. The van der Waals surface area contributed by atoms with Crippen LogP contribution in [0.3, 0.4) is 0 Å². The molecule has 2 aliphatic rings. The summed E-state index contributed by atoms with van der Waals surface area (Å²) in [5.41, 5.74) is 3.32. The molecule has 2 atom stereocenters. The Labute approximate surface area is 225 Å². The predicted octanol–water partition coefficient (Wildman–Crippen LogP) is 5.10. The van der Waals surface area contributed by atoms with Gasteiger partial charge in [0.25, 0.3) is 0 Å². The molecule has 0 aliphatic carbocycles. The topological polar surface area (TPSA) is 61.8 Å². The van der Waals surface area contributed by atoms with E-state index in [9.17, 15) is 0 Å². The van der Waals surface area contributed by atoms with Crippen molar-refractivity contribution in [1.29, 1.82) is 0 Å². The second kappa shape index (κ2) is 13.2. The van der Waals surface area contributed by atoms with Gasteiger partial charge >= 0.3 is 0 Å². The van der Waals surface area contributed by atoms with E-state index in [0.717, 1.165) is 35.9 Å². The van der Waals surface area contributed by atoms with Crippen LogP contribution >= 0.6 is 11.8 Å². The Hall–Kier alpha value is -1.94. The molecule has 0 saturated carbocycles. The lowest BCUT2D eigenvalue weighted by atomic mass is 10.2. The number of rotatable bonds is 13. The zero-order valence-corrected chi connectivity index (χ0v) is 23.2. The minimum Gasteiger partial charge on any atom is -0.391 e. The summed E-state index contributed by atoms with van der Waals surface area (Å²) < 4.78 is 23.7. The molecule has 2 aromatic carbocycles. The second-order valence-corrected chi connectivity index (χ2v) is 11.5. The second-order valence-electron chi connectivity index (χ2n) is 10.5. The summed E-state index contributed by atoms with van der Waals surface area (Å²) in [6.45, 7) is 11.7. The van der Waals surface area contributed by atoms with Gasteiger partial charge in [-0.1, -0.05) is 65.8 Å². The third-order valence-corrected chi connectivity index (χ3v) is 7.24. The fraction of sp³-hybridized carbons (Fsp3) is 0.552. The quantitative estimate of drug-likeness (QED) is 0.265. The fourth-order valence-corrected chi connectivity index (χ4v) is 5.38. The fourth-order valence-electron chi connectivity index (χ4n) is 4.45. The van der Waals surface area contributed by atoms with Gasteiger partial charge in [-0.2, -0.15) is 11.8 Å². The van der Waals surface area contributed by atoms with E-state index in [4.69, 9.17) is 23.8 Å². The van der Waals surface area contributed by atoms with Gasteiger partial charge in [0.05, 0.1) is 31.1 Å². The first-order chi connectivity index (χ1) is 17.8. The molecule has 0 radical (unpaired) electrons. The number of oxime groups is 1. The molecule has 2 aliphatic heterocycles. The molecule has 0 bridgehead atoms. The van der Waals surface area contributed by atoms with Crippen molar-refractivity contribution in [3.05, 3.63) is 71.8 Å². The van der Waals surface area contributed by atoms with E-state index >= 15 is 0 Å². The summed E-state index contributed by atoms with van der Waals surface area (Å²) in [6.07, 6.45) is 0.0855. The molecule has 2 aromatic rings. The maximum absolute atomic E-state index is 6.14. The Morgan fingerprint density at radius 3 is 2.08 bits per heavy atom. The number of benzene rings is 2. The van der Waals surface area contributed by atoms with Crippen molar-refractivity contribution >= 4 is 17.5 Å². The third kappa shape index (κ3) is 9.71. The zero-order valence-electron chi connectivity index (χ0n) is 22.4. The minimum absolute atomic E-state index is 0.00382. The number of hydrogen-bond donors (Lipinski definition) is 0. The summed E-state index contributed by atoms with van der Waals surface area (Å²) in [5, 5.41) is 4.61. The summed E-state index contributed by atoms with van der Waals surface area (Å²) in [4.78, 5) is 8.20. The first-order valence-electron chi connectivity index (χ1n) is 13.0. The van der Waals surface area contributed by atoms with Crippen LogP contribution in [0, 0.1) is 0 Å². The van der Waals surface area contributed by atoms with Gasteiger partial charge in [0.2, 0.25) is 0 Å². The molecule has 0 amide bonds. The van der Waals surface area contributed by atoms with Crippen LogP contribution in [0.5, 0.6) is 0 Å². The van der Waals surface area contributed by atoms with E-state index in [2.05, 4.69) is 34.3 Å². The summed E-state index contributed by atoms with van der Waals surface area (Å²) in [7, 11) is 0. The van der Waals surface area contributed by atoms with Crippen molar-refractivity contribution in [2.24, 2.45) is 5.16 Å². The largest absolute Gasteiger partial charge is 0.391 e. The molecule has 0 unspecified atom stereocenters. The molecule has 37 heavy (non-hydrogen) atoms. The van der Waals surface area contributed by atoms with E-state index in [1.165, 1.54) is 5.56 Å². The van der Waals surface area contributed by atoms with Crippen molar-refractivity contribution in [1.82, 2.24) is 4.90 Å². The lowest BCUT2D eigenvalue weighted by molar-refractivity contribution is -0.140. The van der Waals surface area contributed by atoms with E-state index in [1.54, 1.807) is 11.8 Å². The molecule has 8 heteroatoms. The van der Waals surface area contributed by atoms with Gasteiger partial charge in [0.15, 0.2) is 11.6 Å². The van der Waals surface area contributed by atoms with Crippen LogP contribution in [0.1, 0.15) is 38.8 Å². The van der Waals surface area contributed by atoms with Gasteiger partial charge in [0, 0.05) is 31.1 Å². The first kappa shape index (κ1) is 28.1. The molecule has 0 spiro atoms. The predicted molar refractivity (Wildman–Crippen MR) is 148 cm³/mol. The van der Waals surface area contributed by atoms with E-state index in [1.807, 2.05) is 64.1 Å². The van der Waals surface area contributed by atoms with E-state index < -0.39 is 11.6 Å². The lowest BCUT2D eigenvalue weighted by Gasteiger charge is -2.26. The maximum atomic E-state index is 6.14. The van der Waals surface area contributed by atoms with Gasteiger partial charge in [-0.15, -0.1) is 0 Å². The Morgan fingerprint density at radius 1 is 0.892 bits per heavy atom. The highest BCUT2D eigenvalue weighted by atomic mass is 32.2. The normalized spacial score (nSPS) is 23.0. The Morgan fingerprint density at radius 2 is 1.49 bits per heavy atom. The van der Waals surface area contributed by atoms with E-state index in [0.29, 0.717) is 26.4 Å². The molecule has 7 nitrogen and oxygen atoms in total. The van der Waals surface area contributed by atoms with Gasteiger partial charge < -0.3 is 23.8 Å². The minimum atomic E-state index is -0.550. The summed E-state index contributed by atoms with van der Waals surface area (Å²) >= 11 is 1.80. The lowest BCUT2D eigenvalue weighted by Crippen LogP contribution is -2.38. The van der Waals surface area contributed by atoms with E-state index in [-0.39, 0.29) is 12.2 Å². The first-order valence-corrected chi connectivity index (χ1v) is 14.1. The zero-order chi connectivity index (χ0) is 26.1. The average Bonchev–Trinajstić information content (AvgIpc) is 3.39. The van der Waals surface area contributed by atoms with Crippen LogP contribution in [0.2, 0.25) is 0 Å². The molecule has 0 N–H and O–H groups in total. The van der Waals surface area contributed by atoms with Crippen LogP contribution in [0.25, 0.3) is 0 Å². The number of ether oxygens (including phenoxy) is 4. The molecule has 2 fully saturated rings. The SMILES string of the molecule is CC1(C)OC[C@H](CSC/C(CN(Cc2ccccc2)C[C@H]2COC(C)(C)O2)=N/OCc2ccccc2)O1. The smallest absolute Gasteiger partial charge is 0.163 e. The highest BCUT2D eigenvalue weighted by Crippen LogP contribution is 2.25. The van der Waals surface area contributed by atoms with Crippen molar-refractivity contribution in [2.75, 3.05) is 37.8 Å². The Bertz CT molecular complexity index is 986. The van der Waals surface area contributed by atoms with Gasteiger partial charge in [-0.3, -0.25) is 4.90 Å². The van der Waals surface area contributed by atoms with Crippen LogP contribution < -0.4 is 0 Å². The number of nitrogens with zero attached hydrogens (tertiary/aromatic N) is 2. The van der Waals surface area contributed by atoms with Crippen molar-refractivity contribution in [3.63, 3.8) is 0 Å². The van der Waals surface area contributed by atoms with Gasteiger partial charge in [-0.25, -0.2) is 0 Å². The third-order valence-electron chi connectivity index (χ3n) is 6.09. The summed E-state index contributed by atoms with van der Waals surface area (Å²) in [5.74, 6) is 0.526. The van der Waals surface area contributed by atoms with Crippen LogP contribution in [-0.4, -0.2) is 72.2 Å². The monoisotopic (exact) mass is 528 g/mol. The number of thioether (sulfide) groups is 1. The van der Waals surface area contributed by atoms with Crippen molar-refractivity contribution < 1.29 is 23.8 Å². The van der Waals surface area contributed by atoms with Crippen molar-refractivity contribution in [3.8, 4) is 0 Å². The number of hydrogen-bond acceptors (Lipinski definition) is 8. The van der Waals surface area contributed by atoms with Gasteiger partial charge in [0.1, 0.15) is 6.61 Å². The van der Waals surface area contributed by atoms with Crippen LogP contribution in [-0.2, 0) is 36.9 Å². The molecular formula is C29H40N2O5S.